The van der Waals surface area contributed by atoms with E-state index >= 15 is 0 Å². The molecule has 1 aliphatic rings. The maximum absolute atomic E-state index is 11.2. The fraction of sp³-hybridized carbons (Fsp3) is 0.435. The zero-order valence-electron chi connectivity index (χ0n) is 17.4. The van der Waals surface area contributed by atoms with Gasteiger partial charge in [-0.1, -0.05) is 29.8 Å². The standard InChI is InChI=1S/C23H30ClN3O.2ClH/c1-17-3-8-21(16-22(17)24)26-11-2-12-27-13-9-19(10-14-27)15-18-4-6-20(7-5-18)23(25)28;;/h3-8,16,19,26H,2,9-15H2,1H3,(H2,25,28);2*1H. The number of anilines is 1. The molecule has 30 heavy (non-hydrogen) atoms. The summed E-state index contributed by atoms with van der Waals surface area (Å²) in [5.41, 5.74) is 9.39. The summed E-state index contributed by atoms with van der Waals surface area (Å²) in [5.74, 6) is 0.364. The van der Waals surface area contributed by atoms with Gasteiger partial charge in [-0.05, 0) is 93.6 Å². The molecule has 1 saturated heterocycles. The molecule has 0 unspecified atom stereocenters. The van der Waals surface area contributed by atoms with Gasteiger partial charge >= 0.3 is 0 Å². The molecule has 2 aromatic carbocycles. The van der Waals surface area contributed by atoms with E-state index in [2.05, 4.69) is 22.3 Å². The number of rotatable bonds is 8. The number of carbonyl (C=O) groups is 1. The summed E-state index contributed by atoms with van der Waals surface area (Å²) in [6, 6.07) is 13.9. The lowest BCUT2D eigenvalue weighted by Gasteiger charge is -2.32. The van der Waals surface area contributed by atoms with Crippen molar-refractivity contribution in [3.63, 3.8) is 0 Å². The molecular weight excluding hydrogens is 441 g/mol. The number of piperidine rings is 1. The Labute approximate surface area is 197 Å². The molecule has 0 spiro atoms. The second-order valence-corrected chi connectivity index (χ2v) is 8.20. The Hall–Kier alpha value is -1.46. The summed E-state index contributed by atoms with van der Waals surface area (Å²) < 4.78 is 0. The molecule has 2 aromatic rings. The molecule has 0 saturated carbocycles. The SMILES string of the molecule is Cc1ccc(NCCCN2CCC(Cc3ccc(C(N)=O)cc3)CC2)cc1Cl.Cl.Cl. The molecule has 1 heterocycles. The van der Waals surface area contributed by atoms with E-state index < -0.39 is 0 Å². The highest BCUT2D eigenvalue weighted by atomic mass is 35.5. The van der Waals surface area contributed by atoms with Crippen molar-refractivity contribution in [3.05, 3.63) is 64.2 Å². The molecule has 166 valence electrons. The van der Waals surface area contributed by atoms with Gasteiger partial charge in [-0.25, -0.2) is 0 Å². The van der Waals surface area contributed by atoms with Crippen molar-refractivity contribution < 1.29 is 4.79 Å². The lowest BCUT2D eigenvalue weighted by molar-refractivity contribution is 0.100. The fourth-order valence-electron chi connectivity index (χ4n) is 3.79. The topological polar surface area (TPSA) is 58.4 Å². The Bertz CT molecular complexity index is 791. The van der Waals surface area contributed by atoms with Gasteiger partial charge in [-0.2, -0.15) is 0 Å². The van der Waals surface area contributed by atoms with E-state index in [0.717, 1.165) is 48.1 Å². The second-order valence-electron chi connectivity index (χ2n) is 7.79. The minimum Gasteiger partial charge on any atom is -0.385 e. The van der Waals surface area contributed by atoms with Crippen LogP contribution in [0, 0.1) is 12.8 Å². The highest BCUT2D eigenvalue weighted by molar-refractivity contribution is 6.31. The average molecular weight is 473 g/mol. The molecule has 1 amide bonds. The van der Waals surface area contributed by atoms with Crippen LogP contribution in [0.2, 0.25) is 5.02 Å². The van der Waals surface area contributed by atoms with Crippen LogP contribution in [0.5, 0.6) is 0 Å². The average Bonchev–Trinajstić information content (AvgIpc) is 2.69. The normalized spacial score (nSPS) is 14.5. The summed E-state index contributed by atoms with van der Waals surface area (Å²) >= 11 is 6.17. The zero-order valence-corrected chi connectivity index (χ0v) is 19.8. The molecule has 0 aliphatic carbocycles. The van der Waals surface area contributed by atoms with Crippen LogP contribution in [-0.2, 0) is 6.42 Å². The Morgan fingerprint density at radius 3 is 2.40 bits per heavy atom. The number of benzene rings is 2. The lowest BCUT2D eigenvalue weighted by Crippen LogP contribution is -2.35. The number of primary amides is 1. The number of hydrogen-bond donors (Lipinski definition) is 2. The molecule has 0 radical (unpaired) electrons. The van der Waals surface area contributed by atoms with Crippen molar-refractivity contribution in [1.29, 1.82) is 0 Å². The number of hydrogen-bond acceptors (Lipinski definition) is 3. The smallest absolute Gasteiger partial charge is 0.248 e. The van der Waals surface area contributed by atoms with E-state index in [-0.39, 0.29) is 30.7 Å². The van der Waals surface area contributed by atoms with E-state index in [0.29, 0.717) is 5.56 Å². The summed E-state index contributed by atoms with van der Waals surface area (Å²) in [5, 5.41) is 4.28. The van der Waals surface area contributed by atoms with Crippen LogP contribution in [0.15, 0.2) is 42.5 Å². The van der Waals surface area contributed by atoms with Gasteiger partial charge in [0.25, 0.3) is 0 Å². The van der Waals surface area contributed by atoms with Crippen molar-refractivity contribution in [1.82, 2.24) is 4.90 Å². The summed E-state index contributed by atoms with van der Waals surface area (Å²) in [7, 11) is 0. The maximum atomic E-state index is 11.2. The molecule has 1 aliphatic heterocycles. The highest BCUT2D eigenvalue weighted by Crippen LogP contribution is 2.22. The molecule has 0 atom stereocenters. The number of likely N-dealkylation sites (tertiary alicyclic amines) is 1. The van der Waals surface area contributed by atoms with Crippen LogP contribution in [0.3, 0.4) is 0 Å². The number of nitrogens with one attached hydrogen (secondary N) is 1. The van der Waals surface area contributed by atoms with Crippen molar-refractivity contribution in [3.8, 4) is 0 Å². The maximum Gasteiger partial charge on any atom is 0.248 e. The van der Waals surface area contributed by atoms with Crippen molar-refractivity contribution in [2.24, 2.45) is 11.7 Å². The van der Waals surface area contributed by atoms with E-state index in [9.17, 15) is 4.79 Å². The van der Waals surface area contributed by atoms with Gasteiger partial charge in [-0.15, -0.1) is 24.8 Å². The number of nitrogens with zero attached hydrogens (tertiary/aromatic N) is 1. The summed E-state index contributed by atoms with van der Waals surface area (Å²) in [4.78, 5) is 13.7. The fourth-order valence-corrected chi connectivity index (χ4v) is 3.97. The number of nitrogens with two attached hydrogens (primary N) is 1. The number of carbonyl (C=O) groups excluding carboxylic acids is 1. The molecule has 3 rings (SSSR count). The van der Waals surface area contributed by atoms with Crippen LogP contribution in [0.25, 0.3) is 0 Å². The van der Waals surface area contributed by atoms with E-state index in [1.807, 2.05) is 37.3 Å². The van der Waals surface area contributed by atoms with Gasteiger partial charge in [-0.3, -0.25) is 4.79 Å². The van der Waals surface area contributed by atoms with Gasteiger partial charge < -0.3 is 16.0 Å². The highest BCUT2D eigenvalue weighted by Gasteiger charge is 2.19. The van der Waals surface area contributed by atoms with Crippen molar-refractivity contribution >= 4 is 48.0 Å². The predicted molar refractivity (Wildman–Crippen MR) is 132 cm³/mol. The third-order valence-electron chi connectivity index (χ3n) is 5.62. The van der Waals surface area contributed by atoms with Crippen LogP contribution in [0.1, 0.15) is 40.7 Å². The Morgan fingerprint density at radius 1 is 1.13 bits per heavy atom. The lowest BCUT2D eigenvalue weighted by atomic mass is 9.90. The van der Waals surface area contributed by atoms with Gasteiger partial charge in [0.1, 0.15) is 0 Å². The molecule has 3 N–H and O–H groups in total. The van der Waals surface area contributed by atoms with Crippen LogP contribution >= 0.6 is 36.4 Å². The van der Waals surface area contributed by atoms with Crippen LogP contribution in [0.4, 0.5) is 5.69 Å². The molecule has 1 fully saturated rings. The van der Waals surface area contributed by atoms with E-state index in [1.165, 1.54) is 31.5 Å². The first kappa shape index (κ1) is 26.6. The number of halogens is 3. The number of amides is 1. The Balaban J connectivity index is 0.00000225. The zero-order chi connectivity index (χ0) is 19.9. The first-order chi connectivity index (χ1) is 13.5. The summed E-state index contributed by atoms with van der Waals surface area (Å²) in [6.45, 7) is 6.45. The van der Waals surface area contributed by atoms with E-state index in [4.69, 9.17) is 17.3 Å². The van der Waals surface area contributed by atoms with Gasteiger partial charge in [0.2, 0.25) is 5.91 Å². The molecule has 4 nitrogen and oxygen atoms in total. The molecule has 7 heteroatoms. The van der Waals surface area contributed by atoms with Crippen LogP contribution < -0.4 is 11.1 Å². The van der Waals surface area contributed by atoms with Gasteiger partial charge in [0, 0.05) is 22.8 Å². The predicted octanol–water partition coefficient (Wildman–Crippen LogP) is 5.35. The van der Waals surface area contributed by atoms with E-state index in [1.54, 1.807) is 0 Å². The minimum atomic E-state index is -0.361. The monoisotopic (exact) mass is 471 g/mol. The quantitative estimate of drug-likeness (QED) is 0.509. The van der Waals surface area contributed by atoms with Crippen LogP contribution in [-0.4, -0.2) is 37.0 Å². The third-order valence-corrected chi connectivity index (χ3v) is 6.03. The number of aryl methyl sites for hydroxylation is 1. The Morgan fingerprint density at radius 2 is 1.80 bits per heavy atom. The second kappa shape index (κ2) is 13.1. The first-order valence-electron chi connectivity index (χ1n) is 10.1. The van der Waals surface area contributed by atoms with Crippen molar-refractivity contribution in [2.75, 3.05) is 31.5 Å². The first-order valence-corrected chi connectivity index (χ1v) is 10.5. The Kier molecular flexibility index (Phi) is 11.6. The van der Waals surface area contributed by atoms with Crippen molar-refractivity contribution in [2.45, 2.75) is 32.6 Å². The van der Waals surface area contributed by atoms with Gasteiger partial charge in [0.05, 0.1) is 0 Å². The third kappa shape index (κ3) is 7.99. The molecule has 0 bridgehead atoms. The minimum absolute atomic E-state index is 0. The largest absolute Gasteiger partial charge is 0.385 e. The molecule has 0 aromatic heterocycles. The molecular formula is C23H32Cl3N3O. The van der Waals surface area contributed by atoms with Gasteiger partial charge in [0.15, 0.2) is 0 Å². The summed E-state index contributed by atoms with van der Waals surface area (Å²) in [6.07, 6.45) is 4.69.